The number of amides is 1. The highest BCUT2D eigenvalue weighted by molar-refractivity contribution is 7.09. The smallest absolute Gasteiger partial charge is 0.244 e. The molecule has 10 heteroatoms. The van der Waals surface area contributed by atoms with Gasteiger partial charge in [0.15, 0.2) is 5.82 Å². The fraction of sp³-hybridized carbons (Fsp3) is 0.706. The summed E-state index contributed by atoms with van der Waals surface area (Å²) in [6.45, 7) is 9.24. The summed E-state index contributed by atoms with van der Waals surface area (Å²) in [6.07, 6.45) is 2.45. The van der Waals surface area contributed by atoms with E-state index in [1.807, 2.05) is 11.8 Å². The van der Waals surface area contributed by atoms with Gasteiger partial charge in [0.05, 0.1) is 17.2 Å². The first-order valence-electron chi connectivity index (χ1n) is 9.56. The normalized spacial score (nSPS) is 19.1. The zero-order valence-electron chi connectivity index (χ0n) is 15.7. The minimum atomic E-state index is 0.0918. The number of tetrazole rings is 1. The maximum Gasteiger partial charge on any atom is 0.244 e. The Hall–Kier alpha value is -1.91. The number of hydrogen-bond donors (Lipinski definition) is 0. The molecule has 2 aromatic rings. The molecule has 0 N–H and O–H groups in total. The van der Waals surface area contributed by atoms with E-state index in [1.165, 1.54) is 12.8 Å². The number of rotatable bonds is 6. The van der Waals surface area contributed by atoms with Crippen LogP contribution in [0.2, 0.25) is 0 Å². The maximum atomic E-state index is 12.7. The molecule has 0 spiro atoms. The molecule has 27 heavy (non-hydrogen) atoms. The molecule has 2 saturated heterocycles. The Kier molecular flexibility index (Phi) is 5.74. The number of carbonyl (C=O) groups excluding carboxylic acids is 1. The lowest BCUT2D eigenvalue weighted by atomic mass is 10.3. The molecule has 2 fully saturated rings. The molecule has 4 heterocycles. The first-order valence-corrected chi connectivity index (χ1v) is 10.4. The third-order valence-electron chi connectivity index (χ3n) is 5.23. The van der Waals surface area contributed by atoms with Crippen LogP contribution in [0, 0.1) is 6.92 Å². The molecule has 0 atom stereocenters. The number of nitrogens with zero attached hydrogens (tertiary/aromatic N) is 8. The van der Waals surface area contributed by atoms with Crippen LogP contribution in [0.25, 0.3) is 0 Å². The first-order chi connectivity index (χ1) is 13.2. The van der Waals surface area contributed by atoms with Gasteiger partial charge >= 0.3 is 0 Å². The zero-order chi connectivity index (χ0) is 18.6. The Morgan fingerprint density at radius 1 is 1.07 bits per heavy atom. The molecule has 0 unspecified atom stereocenters. The molecule has 0 aliphatic carbocycles. The first kappa shape index (κ1) is 18.5. The highest BCUT2D eigenvalue weighted by Crippen LogP contribution is 2.13. The standard InChI is InChI=1S/C17H26N8OS/c1-14-18-15(13-27-14)10-23-6-8-24(9-7-23)17(26)12-25-16(19-20-21-25)11-22-4-2-3-5-22/h13H,2-12H2,1H3. The summed E-state index contributed by atoms with van der Waals surface area (Å²) < 4.78 is 1.66. The number of likely N-dealkylation sites (tertiary alicyclic amines) is 1. The van der Waals surface area contributed by atoms with Crippen molar-refractivity contribution in [3.05, 3.63) is 21.9 Å². The van der Waals surface area contributed by atoms with Crippen molar-refractivity contribution in [3.63, 3.8) is 0 Å². The highest BCUT2D eigenvalue weighted by Gasteiger charge is 2.23. The summed E-state index contributed by atoms with van der Waals surface area (Å²) in [7, 11) is 0. The van der Waals surface area contributed by atoms with Crippen molar-refractivity contribution in [3.8, 4) is 0 Å². The molecule has 4 rings (SSSR count). The molecule has 2 aliphatic heterocycles. The fourth-order valence-electron chi connectivity index (χ4n) is 3.69. The summed E-state index contributed by atoms with van der Waals surface area (Å²) in [5, 5.41) is 15.1. The van der Waals surface area contributed by atoms with Crippen molar-refractivity contribution < 1.29 is 4.79 Å². The SMILES string of the molecule is Cc1nc(CN2CCN(C(=O)Cn3nnnc3CN3CCCC3)CC2)cs1. The average molecular weight is 391 g/mol. The van der Waals surface area contributed by atoms with Crippen LogP contribution in [0.3, 0.4) is 0 Å². The second-order valence-corrected chi connectivity index (χ2v) is 8.31. The molecule has 1 amide bonds. The van der Waals surface area contributed by atoms with Crippen molar-refractivity contribution in [1.29, 1.82) is 0 Å². The van der Waals surface area contributed by atoms with Gasteiger partial charge in [0.25, 0.3) is 0 Å². The average Bonchev–Trinajstić information content (AvgIpc) is 3.41. The topological polar surface area (TPSA) is 83.3 Å². The summed E-state index contributed by atoms with van der Waals surface area (Å²) in [5.74, 6) is 0.872. The van der Waals surface area contributed by atoms with Crippen molar-refractivity contribution >= 4 is 17.2 Å². The number of thiazole rings is 1. The van der Waals surface area contributed by atoms with Crippen LogP contribution in [0.1, 0.15) is 29.4 Å². The monoisotopic (exact) mass is 390 g/mol. The van der Waals surface area contributed by atoms with Gasteiger partial charge in [-0.25, -0.2) is 9.67 Å². The zero-order valence-corrected chi connectivity index (χ0v) is 16.6. The summed E-state index contributed by atoms with van der Waals surface area (Å²) in [4.78, 5) is 23.8. The minimum Gasteiger partial charge on any atom is -0.339 e. The highest BCUT2D eigenvalue weighted by atomic mass is 32.1. The summed E-state index contributed by atoms with van der Waals surface area (Å²) in [6, 6.07) is 0. The van der Waals surface area contributed by atoms with E-state index < -0.39 is 0 Å². The van der Waals surface area contributed by atoms with Crippen LogP contribution in [-0.4, -0.2) is 85.1 Å². The third kappa shape index (κ3) is 4.69. The van der Waals surface area contributed by atoms with Gasteiger partial charge in [0.1, 0.15) is 6.54 Å². The van der Waals surface area contributed by atoms with E-state index in [4.69, 9.17) is 0 Å². The molecular formula is C17H26N8OS. The van der Waals surface area contributed by atoms with Gasteiger partial charge in [-0.2, -0.15) is 0 Å². The lowest BCUT2D eigenvalue weighted by Gasteiger charge is -2.34. The maximum absolute atomic E-state index is 12.7. The van der Waals surface area contributed by atoms with E-state index >= 15 is 0 Å². The molecule has 2 aromatic heterocycles. The molecule has 9 nitrogen and oxygen atoms in total. The van der Waals surface area contributed by atoms with Crippen LogP contribution < -0.4 is 0 Å². The summed E-state index contributed by atoms with van der Waals surface area (Å²) in [5.41, 5.74) is 1.12. The number of carbonyl (C=O) groups is 1. The van der Waals surface area contributed by atoms with Gasteiger partial charge in [-0.3, -0.25) is 14.6 Å². The largest absolute Gasteiger partial charge is 0.339 e. The molecule has 0 aromatic carbocycles. The van der Waals surface area contributed by atoms with Crippen LogP contribution in [0.4, 0.5) is 0 Å². The Morgan fingerprint density at radius 3 is 2.52 bits per heavy atom. The van der Waals surface area contributed by atoms with Gasteiger partial charge < -0.3 is 4.90 Å². The molecule has 0 saturated carbocycles. The van der Waals surface area contributed by atoms with Crippen LogP contribution in [0.5, 0.6) is 0 Å². The Morgan fingerprint density at radius 2 is 1.81 bits per heavy atom. The van der Waals surface area contributed by atoms with E-state index in [0.717, 1.165) is 68.9 Å². The van der Waals surface area contributed by atoms with Gasteiger partial charge in [0.2, 0.25) is 5.91 Å². The van der Waals surface area contributed by atoms with Crippen LogP contribution >= 0.6 is 11.3 Å². The minimum absolute atomic E-state index is 0.0918. The lowest BCUT2D eigenvalue weighted by Crippen LogP contribution is -2.49. The van der Waals surface area contributed by atoms with Crippen LogP contribution in [0.15, 0.2) is 5.38 Å². The van der Waals surface area contributed by atoms with E-state index in [2.05, 4.69) is 35.7 Å². The number of aromatic nitrogens is 5. The van der Waals surface area contributed by atoms with Crippen molar-refractivity contribution in [2.45, 2.75) is 39.4 Å². The molecule has 2 aliphatic rings. The van der Waals surface area contributed by atoms with Gasteiger partial charge in [-0.1, -0.05) is 0 Å². The molecule has 0 radical (unpaired) electrons. The number of hydrogen-bond acceptors (Lipinski definition) is 8. The predicted octanol–water partition coefficient (Wildman–Crippen LogP) is 0.378. The van der Waals surface area contributed by atoms with Gasteiger partial charge in [0, 0.05) is 38.1 Å². The van der Waals surface area contributed by atoms with Crippen molar-refractivity contribution in [2.24, 2.45) is 0 Å². The third-order valence-corrected chi connectivity index (χ3v) is 6.05. The molecule has 0 bridgehead atoms. The van der Waals surface area contributed by atoms with Gasteiger partial charge in [-0.05, 0) is 43.3 Å². The predicted molar refractivity (Wildman–Crippen MR) is 101 cm³/mol. The Bertz CT molecular complexity index is 761. The van der Waals surface area contributed by atoms with E-state index in [9.17, 15) is 4.79 Å². The van der Waals surface area contributed by atoms with Crippen molar-refractivity contribution in [2.75, 3.05) is 39.3 Å². The molecule has 146 valence electrons. The second-order valence-electron chi connectivity index (χ2n) is 7.25. The molecular weight excluding hydrogens is 364 g/mol. The Labute approximate surface area is 163 Å². The summed E-state index contributed by atoms with van der Waals surface area (Å²) >= 11 is 1.69. The number of piperazine rings is 1. The van der Waals surface area contributed by atoms with E-state index in [-0.39, 0.29) is 12.5 Å². The number of aryl methyl sites for hydroxylation is 1. The lowest BCUT2D eigenvalue weighted by molar-refractivity contribution is -0.134. The van der Waals surface area contributed by atoms with Gasteiger partial charge in [-0.15, -0.1) is 16.4 Å². The Balaban J connectivity index is 1.26. The fourth-order valence-corrected chi connectivity index (χ4v) is 4.30. The second kappa shape index (κ2) is 8.41. The van der Waals surface area contributed by atoms with E-state index in [0.29, 0.717) is 0 Å². The van der Waals surface area contributed by atoms with Crippen LogP contribution in [-0.2, 0) is 24.4 Å². The quantitative estimate of drug-likeness (QED) is 0.705. The van der Waals surface area contributed by atoms with E-state index in [1.54, 1.807) is 16.0 Å². The van der Waals surface area contributed by atoms with Crippen molar-refractivity contribution in [1.82, 2.24) is 39.9 Å².